The first kappa shape index (κ1) is 65.9. The van der Waals surface area contributed by atoms with Gasteiger partial charge >= 0.3 is 0 Å². The highest BCUT2D eigenvalue weighted by atomic mass is 15.2. The van der Waals surface area contributed by atoms with Crippen molar-refractivity contribution in [2.45, 2.75) is 145 Å². The van der Waals surface area contributed by atoms with Crippen LogP contribution < -0.4 is 19.6 Å². The largest absolute Gasteiger partial charge is 0.310 e. The lowest BCUT2D eigenvalue weighted by molar-refractivity contribution is 0.386. The maximum absolute atomic E-state index is 2.53. The van der Waals surface area contributed by atoms with E-state index in [1.807, 2.05) is 0 Å². The van der Waals surface area contributed by atoms with Crippen molar-refractivity contribution >= 4 is 111 Å². The molecule has 2 unspecified atom stereocenters. The number of anilines is 12. The first-order valence-corrected chi connectivity index (χ1v) is 37.4. The Labute approximate surface area is 605 Å². The molecule has 2 atom stereocenters. The van der Waals surface area contributed by atoms with Crippen molar-refractivity contribution < 1.29 is 0 Å². The topological polar surface area (TPSA) is 13.0 Å². The molecule has 102 heavy (non-hydrogen) atoms. The van der Waals surface area contributed by atoms with Crippen LogP contribution in [0.3, 0.4) is 0 Å². The molecule has 0 radical (unpaired) electrons. The molecule has 2 aliphatic rings. The summed E-state index contributed by atoms with van der Waals surface area (Å²) in [6, 6.07) is 100. The first-order valence-electron chi connectivity index (χ1n) is 37.4. The number of nitrogens with zero attached hydrogens (tertiary/aromatic N) is 4. The van der Waals surface area contributed by atoms with Crippen LogP contribution in [-0.2, 0) is 0 Å². The molecule has 2 aliphatic carbocycles. The molecule has 0 heterocycles. The van der Waals surface area contributed by atoms with Crippen molar-refractivity contribution in [2.24, 2.45) is 0 Å². The molecule has 0 amide bonds. The molecule has 2 fully saturated rings. The molecule has 14 aromatic rings. The van der Waals surface area contributed by atoms with Crippen molar-refractivity contribution in [3.8, 4) is 0 Å². The Bertz CT molecular complexity index is 5420. The average molecular weight is 1330 g/mol. The van der Waals surface area contributed by atoms with Crippen LogP contribution in [0.1, 0.15) is 148 Å². The highest BCUT2D eigenvalue weighted by molar-refractivity contribution is 6.01. The fourth-order valence-corrected chi connectivity index (χ4v) is 17.5. The lowest BCUT2D eigenvalue weighted by Gasteiger charge is -2.33. The minimum absolute atomic E-state index is 0.392. The Kier molecular flexibility index (Phi) is 17.9. The molecule has 16 rings (SSSR count). The second-order valence-corrected chi connectivity index (χ2v) is 30.3. The zero-order chi connectivity index (χ0) is 69.9. The molecular formula is C98H94N4. The highest BCUT2D eigenvalue weighted by Gasteiger charge is 2.30. The molecule has 0 N–H and O–H groups in total. The molecule has 506 valence electrons. The lowest BCUT2D eigenvalue weighted by atomic mass is 9.72. The maximum Gasteiger partial charge on any atom is 0.0470 e. The van der Waals surface area contributed by atoms with Gasteiger partial charge in [0.2, 0.25) is 0 Å². The number of fused-ring (bicyclic) bond motifs is 4. The summed E-state index contributed by atoms with van der Waals surface area (Å²) < 4.78 is 0. The number of aryl methyl sites for hydroxylation is 10. The van der Waals surface area contributed by atoms with Crippen LogP contribution in [-0.4, -0.2) is 0 Å². The number of rotatable bonds is 15. The third-order valence-electron chi connectivity index (χ3n) is 22.6. The van der Waals surface area contributed by atoms with Gasteiger partial charge in [-0.25, -0.2) is 0 Å². The zero-order valence-electron chi connectivity index (χ0n) is 61.2. The van der Waals surface area contributed by atoms with E-state index >= 15 is 0 Å². The summed E-state index contributed by atoms with van der Waals surface area (Å²) in [6.45, 7) is 22.4. The summed E-state index contributed by atoms with van der Waals surface area (Å²) in [5, 5.41) is 10.0. The van der Waals surface area contributed by atoms with E-state index in [1.165, 1.54) is 194 Å². The van der Waals surface area contributed by atoms with E-state index in [1.54, 1.807) is 0 Å². The maximum atomic E-state index is 2.53. The standard InChI is InChI=1S/C98H94N4/c1-63-24-36-81(37-25-63)99(85-44-32-74-20-14-15-21-78(74)57-85)89-52-69(7)96-60-90(53-70(8)95(96)59-89)100(82-38-26-64(2)27-39-82)86-45-33-76-28-29-79(56-80(76)58-86)94-23-17-16-22-93(94)77-34-42-84(43-35-77)102(88-50-67(5)47-68(6)51-88)92-55-72(10)97-61-91(54-71(9)98(97)62-92)101(87-48-65(3)46-66(4)49-87)83-40-30-75(31-41-83)73-18-12-11-13-19-73/h14-15,20-21,24-62,73,93-94H,11-13,16-19,22-23H2,1-10H3. The van der Waals surface area contributed by atoms with Gasteiger partial charge in [-0.1, -0.05) is 158 Å². The van der Waals surface area contributed by atoms with Gasteiger partial charge in [0.15, 0.2) is 0 Å². The quantitative estimate of drug-likeness (QED) is 0.101. The smallest absolute Gasteiger partial charge is 0.0470 e. The molecule has 14 aromatic carbocycles. The molecule has 2 saturated carbocycles. The summed E-state index contributed by atoms with van der Waals surface area (Å²) in [6.07, 6.45) is 11.4. The number of hydrogen-bond acceptors (Lipinski definition) is 4. The van der Waals surface area contributed by atoms with E-state index in [-0.39, 0.29) is 0 Å². The van der Waals surface area contributed by atoms with E-state index in [0.717, 1.165) is 47.0 Å². The zero-order valence-corrected chi connectivity index (χ0v) is 61.2. The fourth-order valence-electron chi connectivity index (χ4n) is 17.5. The number of benzene rings is 14. The van der Waals surface area contributed by atoms with Gasteiger partial charge in [0, 0.05) is 68.2 Å². The fraction of sp³-hybridized carbons (Fsp3) is 0.224. The van der Waals surface area contributed by atoms with Crippen LogP contribution in [0.15, 0.2) is 261 Å². The molecule has 0 spiro atoms. The van der Waals surface area contributed by atoms with Crippen molar-refractivity contribution in [3.05, 3.63) is 333 Å². The van der Waals surface area contributed by atoms with Gasteiger partial charge in [0.25, 0.3) is 0 Å². The minimum Gasteiger partial charge on any atom is -0.310 e. The van der Waals surface area contributed by atoms with Crippen molar-refractivity contribution in [3.63, 3.8) is 0 Å². The average Bonchev–Trinajstić information content (AvgIpc) is 0.762. The summed E-state index contributed by atoms with van der Waals surface area (Å²) >= 11 is 0. The predicted octanol–water partition coefficient (Wildman–Crippen LogP) is 28.8. The third kappa shape index (κ3) is 13.1. The normalized spacial score (nSPS) is 15.0. The van der Waals surface area contributed by atoms with Gasteiger partial charge in [-0.2, -0.15) is 0 Å². The van der Waals surface area contributed by atoms with Crippen LogP contribution in [0.25, 0.3) is 43.1 Å². The lowest BCUT2D eigenvalue weighted by Crippen LogP contribution is -2.17. The minimum atomic E-state index is 0.392. The van der Waals surface area contributed by atoms with E-state index in [0.29, 0.717) is 17.8 Å². The molecule has 0 aliphatic heterocycles. The summed E-state index contributed by atoms with van der Waals surface area (Å²) in [7, 11) is 0. The molecule has 0 saturated heterocycles. The molecule has 0 aromatic heterocycles. The highest BCUT2D eigenvalue weighted by Crippen LogP contribution is 2.50. The summed E-state index contributed by atoms with van der Waals surface area (Å²) in [5.41, 5.74) is 30.8. The van der Waals surface area contributed by atoms with Crippen LogP contribution in [0.2, 0.25) is 0 Å². The van der Waals surface area contributed by atoms with Crippen LogP contribution >= 0.6 is 0 Å². The Morgan fingerprint density at radius 3 is 0.951 bits per heavy atom. The predicted molar refractivity (Wildman–Crippen MR) is 439 cm³/mol. The second kappa shape index (κ2) is 27.7. The van der Waals surface area contributed by atoms with Crippen LogP contribution in [0.4, 0.5) is 68.2 Å². The monoisotopic (exact) mass is 1330 g/mol. The molecule has 4 heteroatoms. The van der Waals surface area contributed by atoms with Crippen molar-refractivity contribution in [1.29, 1.82) is 0 Å². The van der Waals surface area contributed by atoms with Gasteiger partial charge in [0.1, 0.15) is 0 Å². The van der Waals surface area contributed by atoms with E-state index < -0.39 is 0 Å². The third-order valence-corrected chi connectivity index (χ3v) is 22.6. The SMILES string of the molecule is Cc1ccc(N(c2ccc3ccccc3c2)c2cc(C)c3cc(N(c4ccc(C)cc4)c4ccc5ccc(C6CCCCC6c6ccc(N(c7cc(C)cc(C)c7)c7cc(C)c8cc(N(c9ccc(C%10CCCCC%10)cc9)c9cc(C)cc(C)c9)cc(C)c8c7)cc6)cc5c4)cc(C)c3c2)cc1. The van der Waals surface area contributed by atoms with Gasteiger partial charge in [0.05, 0.1) is 0 Å². The van der Waals surface area contributed by atoms with Crippen molar-refractivity contribution in [1.82, 2.24) is 0 Å². The molecule has 4 nitrogen and oxygen atoms in total. The summed E-state index contributed by atoms with van der Waals surface area (Å²) in [5.74, 6) is 1.45. The van der Waals surface area contributed by atoms with Crippen LogP contribution in [0.5, 0.6) is 0 Å². The Hall–Kier alpha value is -10.7. The van der Waals surface area contributed by atoms with Gasteiger partial charge in [-0.05, 0) is 363 Å². The van der Waals surface area contributed by atoms with Gasteiger partial charge in [-0.3, -0.25) is 0 Å². The number of hydrogen-bond donors (Lipinski definition) is 0. The Morgan fingerprint density at radius 1 is 0.206 bits per heavy atom. The second-order valence-electron chi connectivity index (χ2n) is 30.3. The summed E-state index contributed by atoms with van der Waals surface area (Å²) in [4.78, 5) is 9.88. The van der Waals surface area contributed by atoms with E-state index in [2.05, 4.69) is 350 Å². The molecular weight excluding hydrogens is 1230 g/mol. The van der Waals surface area contributed by atoms with Crippen LogP contribution in [0, 0.1) is 69.2 Å². The van der Waals surface area contributed by atoms with Gasteiger partial charge < -0.3 is 19.6 Å². The first-order chi connectivity index (χ1) is 49.6. The Balaban J connectivity index is 0.720. The van der Waals surface area contributed by atoms with Crippen molar-refractivity contribution in [2.75, 3.05) is 19.6 Å². The molecule has 0 bridgehead atoms. The van der Waals surface area contributed by atoms with Gasteiger partial charge in [-0.15, -0.1) is 0 Å². The Morgan fingerprint density at radius 2 is 0.520 bits per heavy atom. The van der Waals surface area contributed by atoms with E-state index in [9.17, 15) is 0 Å². The van der Waals surface area contributed by atoms with E-state index in [4.69, 9.17) is 0 Å².